The number of benzene rings is 2. The van der Waals surface area contributed by atoms with Crippen molar-refractivity contribution in [2.45, 2.75) is 12.5 Å². The molecule has 0 unspecified atom stereocenters. The quantitative estimate of drug-likeness (QED) is 0.811. The van der Waals surface area contributed by atoms with Crippen molar-refractivity contribution in [3.05, 3.63) is 71.0 Å². The molecule has 0 N–H and O–H groups in total. The lowest BCUT2D eigenvalue weighted by atomic mass is 9.88. The molecular formula is C19H16FN3O. The Hall–Kier alpha value is -2.71. The Bertz CT molecular complexity index is 830. The average molecular weight is 321 g/mol. The molecule has 0 bridgehead atoms. The van der Waals surface area contributed by atoms with Gasteiger partial charge in [-0.1, -0.05) is 24.3 Å². The van der Waals surface area contributed by atoms with Crippen molar-refractivity contribution < 1.29 is 9.18 Å². The van der Waals surface area contributed by atoms with Crippen LogP contribution in [0.1, 0.15) is 27.5 Å². The smallest absolute Gasteiger partial charge is 0.268 e. The number of carbonyl (C=O) groups is 1. The van der Waals surface area contributed by atoms with Crippen LogP contribution in [0.15, 0.2) is 48.5 Å². The molecule has 0 aliphatic carbocycles. The van der Waals surface area contributed by atoms with Crippen molar-refractivity contribution >= 4 is 5.91 Å². The van der Waals surface area contributed by atoms with Gasteiger partial charge in [-0.3, -0.25) is 9.80 Å². The SMILES string of the molecule is N#C[C@@H]1CN(C(=O)c2ccccc2)N2CCc3cc(F)ccc3[C@@H]12. The number of hydrogen-bond acceptors (Lipinski definition) is 3. The number of nitriles is 1. The van der Waals surface area contributed by atoms with E-state index < -0.39 is 0 Å². The number of halogens is 1. The third kappa shape index (κ3) is 2.27. The molecule has 0 spiro atoms. The van der Waals surface area contributed by atoms with Gasteiger partial charge in [0.05, 0.1) is 24.6 Å². The van der Waals surface area contributed by atoms with Crippen molar-refractivity contribution in [2.24, 2.45) is 5.92 Å². The zero-order chi connectivity index (χ0) is 16.7. The van der Waals surface area contributed by atoms with Crippen LogP contribution in [0, 0.1) is 23.1 Å². The fourth-order valence-electron chi connectivity index (χ4n) is 3.74. The molecule has 2 heterocycles. The van der Waals surface area contributed by atoms with E-state index in [0.717, 1.165) is 11.1 Å². The van der Waals surface area contributed by atoms with E-state index in [-0.39, 0.29) is 23.7 Å². The predicted octanol–water partition coefficient (Wildman–Crippen LogP) is 2.94. The number of hydrazine groups is 1. The van der Waals surface area contributed by atoms with Gasteiger partial charge in [0.25, 0.3) is 5.91 Å². The second-order valence-electron chi connectivity index (χ2n) is 6.19. The lowest BCUT2D eigenvalue weighted by Crippen LogP contribution is -2.45. The topological polar surface area (TPSA) is 47.3 Å². The maximum Gasteiger partial charge on any atom is 0.268 e. The number of amides is 1. The summed E-state index contributed by atoms with van der Waals surface area (Å²) in [6.07, 6.45) is 0.667. The van der Waals surface area contributed by atoms with Gasteiger partial charge in [-0.25, -0.2) is 9.40 Å². The summed E-state index contributed by atoms with van der Waals surface area (Å²) in [6.45, 7) is 0.976. The van der Waals surface area contributed by atoms with E-state index in [9.17, 15) is 14.4 Å². The molecule has 2 aromatic carbocycles. The number of hydrogen-bond donors (Lipinski definition) is 0. The molecule has 2 atom stereocenters. The van der Waals surface area contributed by atoms with E-state index >= 15 is 0 Å². The van der Waals surface area contributed by atoms with Crippen molar-refractivity contribution in [3.63, 3.8) is 0 Å². The minimum absolute atomic E-state index is 0.0936. The van der Waals surface area contributed by atoms with Crippen LogP contribution in [0.2, 0.25) is 0 Å². The molecule has 0 radical (unpaired) electrons. The normalized spacial score (nSPS) is 22.6. The first-order valence-electron chi connectivity index (χ1n) is 8.00. The zero-order valence-corrected chi connectivity index (χ0v) is 13.0. The number of rotatable bonds is 1. The van der Waals surface area contributed by atoms with Crippen molar-refractivity contribution in [2.75, 3.05) is 13.1 Å². The van der Waals surface area contributed by atoms with Crippen LogP contribution < -0.4 is 0 Å². The average Bonchev–Trinajstić information content (AvgIpc) is 3.00. The molecule has 2 aliphatic rings. The van der Waals surface area contributed by atoms with Gasteiger partial charge in [0.15, 0.2) is 0 Å². The van der Waals surface area contributed by atoms with E-state index in [1.165, 1.54) is 6.07 Å². The van der Waals surface area contributed by atoms with Crippen LogP contribution in [0.3, 0.4) is 0 Å². The molecule has 4 nitrogen and oxygen atoms in total. The standard InChI is InChI=1S/C19H16FN3O/c20-16-6-7-17-14(10-16)8-9-22-18(17)15(11-21)12-23(22)19(24)13-4-2-1-3-5-13/h1-7,10,15,18H,8-9,12H2/t15-,18-/m1/s1. The molecule has 2 aliphatic heterocycles. The maximum absolute atomic E-state index is 13.5. The Morgan fingerprint density at radius 3 is 2.75 bits per heavy atom. The highest BCUT2D eigenvalue weighted by Crippen LogP contribution is 2.42. The van der Waals surface area contributed by atoms with E-state index in [2.05, 4.69) is 6.07 Å². The molecule has 1 fully saturated rings. The summed E-state index contributed by atoms with van der Waals surface area (Å²) in [6, 6.07) is 16.0. The highest BCUT2D eigenvalue weighted by molar-refractivity contribution is 5.94. The Morgan fingerprint density at radius 2 is 2.00 bits per heavy atom. The summed E-state index contributed by atoms with van der Waals surface area (Å²) in [4.78, 5) is 12.8. The second-order valence-corrected chi connectivity index (χ2v) is 6.19. The highest BCUT2D eigenvalue weighted by Gasteiger charge is 2.45. The van der Waals surface area contributed by atoms with Gasteiger partial charge in [0.1, 0.15) is 5.82 Å². The van der Waals surface area contributed by atoms with Gasteiger partial charge in [-0.05, 0) is 41.8 Å². The van der Waals surface area contributed by atoms with Crippen LogP contribution in [0.25, 0.3) is 0 Å². The number of fused-ring (bicyclic) bond motifs is 3. The highest BCUT2D eigenvalue weighted by atomic mass is 19.1. The molecule has 120 valence electrons. The van der Waals surface area contributed by atoms with E-state index in [1.807, 2.05) is 23.2 Å². The number of carbonyl (C=O) groups excluding carboxylic acids is 1. The summed E-state index contributed by atoms with van der Waals surface area (Å²) in [5.41, 5.74) is 2.50. The minimum atomic E-state index is -0.317. The first kappa shape index (κ1) is 14.9. The summed E-state index contributed by atoms with van der Waals surface area (Å²) in [7, 11) is 0. The Morgan fingerprint density at radius 1 is 1.21 bits per heavy atom. The molecule has 4 rings (SSSR count). The fourth-order valence-corrected chi connectivity index (χ4v) is 3.74. The van der Waals surface area contributed by atoms with Gasteiger partial charge < -0.3 is 0 Å². The summed E-state index contributed by atoms with van der Waals surface area (Å²) in [5.74, 6) is -0.669. The Balaban J connectivity index is 1.71. The molecule has 1 saturated heterocycles. The first-order chi connectivity index (χ1) is 11.7. The predicted molar refractivity (Wildman–Crippen MR) is 86.1 cm³/mol. The van der Waals surface area contributed by atoms with Crippen LogP contribution in [-0.4, -0.2) is 29.0 Å². The lowest BCUT2D eigenvalue weighted by molar-refractivity contribution is -0.000515. The summed E-state index contributed by atoms with van der Waals surface area (Å²) in [5, 5.41) is 13.2. The summed E-state index contributed by atoms with van der Waals surface area (Å²) >= 11 is 0. The lowest BCUT2D eigenvalue weighted by Gasteiger charge is -2.36. The third-order valence-electron chi connectivity index (χ3n) is 4.84. The molecular weight excluding hydrogens is 305 g/mol. The largest absolute Gasteiger partial charge is 0.269 e. The zero-order valence-electron chi connectivity index (χ0n) is 13.0. The Labute approximate surface area is 139 Å². The van der Waals surface area contributed by atoms with Crippen LogP contribution >= 0.6 is 0 Å². The van der Waals surface area contributed by atoms with Crippen LogP contribution in [0.4, 0.5) is 4.39 Å². The number of nitrogens with zero attached hydrogens (tertiary/aromatic N) is 3. The van der Waals surface area contributed by atoms with Gasteiger partial charge in [-0.15, -0.1) is 0 Å². The Kier molecular flexibility index (Phi) is 3.55. The van der Waals surface area contributed by atoms with Gasteiger partial charge in [0.2, 0.25) is 0 Å². The minimum Gasteiger partial charge on any atom is -0.269 e. The first-order valence-corrected chi connectivity index (χ1v) is 8.00. The van der Waals surface area contributed by atoms with Gasteiger partial charge >= 0.3 is 0 Å². The van der Waals surface area contributed by atoms with E-state index in [1.54, 1.807) is 29.3 Å². The molecule has 0 aromatic heterocycles. The van der Waals surface area contributed by atoms with Crippen LogP contribution in [0.5, 0.6) is 0 Å². The van der Waals surface area contributed by atoms with Crippen molar-refractivity contribution in [3.8, 4) is 6.07 Å². The second kappa shape index (κ2) is 5.73. The molecule has 1 amide bonds. The van der Waals surface area contributed by atoms with Gasteiger partial charge in [-0.2, -0.15) is 5.26 Å². The molecule has 24 heavy (non-hydrogen) atoms. The molecule has 0 saturated carbocycles. The van der Waals surface area contributed by atoms with Crippen molar-refractivity contribution in [1.82, 2.24) is 10.0 Å². The van der Waals surface area contributed by atoms with E-state index in [0.29, 0.717) is 25.1 Å². The summed E-state index contributed by atoms with van der Waals surface area (Å²) < 4.78 is 13.5. The van der Waals surface area contributed by atoms with Gasteiger partial charge in [0, 0.05) is 12.1 Å². The molecule has 2 aromatic rings. The fraction of sp³-hybridized carbons (Fsp3) is 0.263. The van der Waals surface area contributed by atoms with Crippen molar-refractivity contribution in [1.29, 1.82) is 5.26 Å². The maximum atomic E-state index is 13.5. The van der Waals surface area contributed by atoms with Crippen LogP contribution in [-0.2, 0) is 6.42 Å². The third-order valence-corrected chi connectivity index (χ3v) is 4.84. The monoisotopic (exact) mass is 321 g/mol. The molecule has 5 heteroatoms. The van der Waals surface area contributed by atoms with E-state index in [4.69, 9.17) is 0 Å².